The Bertz CT molecular complexity index is 1440. The maximum absolute atomic E-state index is 13.6. The summed E-state index contributed by atoms with van der Waals surface area (Å²) in [5, 5.41) is 7.41. The van der Waals surface area contributed by atoms with Gasteiger partial charge in [-0.15, -0.1) is 0 Å². The Morgan fingerprint density at radius 2 is 1.89 bits per heavy atom. The SMILES string of the molecule is Cc1cc(C(=O)Nc2nc3ccc(CN4CCOCC4)cc3n2C2CCCCC2)cc(-c2cnn(C)c2)n1. The first-order valence-electron chi connectivity index (χ1n) is 13.6. The van der Waals surface area contributed by atoms with Crippen LogP contribution in [0.3, 0.4) is 0 Å². The summed E-state index contributed by atoms with van der Waals surface area (Å²) in [5.41, 5.74) is 6.24. The number of anilines is 1. The molecular formula is C29H35N7O2. The molecular weight excluding hydrogens is 478 g/mol. The van der Waals surface area contributed by atoms with Gasteiger partial charge >= 0.3 is 0 Å². The number of aromatic nitrogens is 5. The Kier molecular flexibility index (Phi) is 6.95. The fourth-order valence-electron chi connectivity index (χ4n) is 5.73. The Balaban J connectivity index is 1.33. The third kappa shape index (κ3) is 5.21. The highest BCUT2D eigenvalue weighted by atomic mass is 16.5. The lowest BCUT2D eigenvalue weighted by Gasteiger charge is -2.27. The van der Waals surface area contributed by atoms with Gasteiger partial charge in [0.1, 0.15) is 0 Å². The molecule has 1 amide bonds. The highest BCUT2D eigenvalue weighted by Gasteiger charge is 2.24. The van der Waals surface area contributed by atoms with Crippen LogP contribution < -0.4 is 5.32 Å². The number of pyridine rings is 1. The fraction of sp³-hybridized carbons (Fsp3) is 0.448. The van der Waals surface area contributed by atoms with Gasteiger partial charge in [-0.3, -0.25) is 24.7 Å². The molecule has 1 saturated heterocycles. The number of hydrogen-bond donors (Lipinski definition) is 1. The standard InChI is InChI=1S/C29H35N7O2/c1-20-14-22(16-26(31-20)23-17-30-34(2)19-23)28(37)33-29-32-25-9-8-21(18-35-10-12-38-13-11-35)15-27(25)36(29)24-6-4-3-5-7-24/h8-9,14-17,19,24H,3-7,10-13,18H2,1-2H3,(H,32,33,37). The van der Waals surface area contributed by atoms with Gasteiger partial charge in [0.15, 0.2) is 0 Å². The smallest absolute Gasteiger partial charge is 0.258 e. The summed E-state index contributed by atoms with van der Waals surface area (Å²) in [7, 11) is 1.87. The first-order valence-corrected chi connectivity index (χ1v) is 13.6. The molecule has 198 valence electrons. The summed E-state index contributed by atoms with van der Waals surface area (Å²) in [6.07, 6.45) is 9.52. The third-order valence-corrected chi connectivity index (χ3v) is 7.65. The number of morpholine rings is 1. The quantitative estimate of drug-likeness (QED) is 0.401. The summed E-state index contributed by atoms with van der Waals surface area (Å²) in [6, 6.07) is 10.5. The van der Waals surface area contributed by atoms with Crippen molar-refractivity contribution in [2.24, 2.45) is 7.05 Å². The Hall–Kier alpha value is -3.56. The normalized spacial score (nSPS) is 17.2. The van der Waals surface area contributed by atoms with Gasteiger partial charge in [0.05, 0.1) is 36.1 Å². The second kappa shape index (κ2) is 10.7. The number of aryl methyl sites for hydroxylation is 2. The lowest BCUT2D eigenvalue weighted by molar-refractivity contribution is 0.0342. The van der Waals surface area contributed by atoms with Gasteiger partial charge in [0.2, 0.25) is 5.95 Å². The molecule has 6 rings (SSSR count). The first-order chi connectivity index (χ1) is 18.5. The van der Waals surface area contributed by atoms with E-state index in [9.17, 15) is 4.79 Å². The molecule has 9 nitrogen and oxygen atoms in total. The average Bonchev–Trinajstić information content (AvgIpc) is 3.52. The van der Waals surface area contributed by atoms with Gasteiger partial charge in [-0.25, -0.2) is 4.98 Å². The molecule has 1 aliphatic heterocycles. The molecule has 1 saturated carbocycles. The van der Waals surface area contributed by atoms with E-state index in [0.717, 1.165) is 73.7 Å². The predicted molar refractivity (Wildman–Crippen MR) is 147 cm³/mol. The molecule has 4 heterocycles. The fourth-order valence-corrected chi connectivity index (χ4v) is 5.73. The van der Waals surface area contributed by atoms with Crippen LogP contribution >= 0.6 is 0 Å². The Morgan fingerprint density at radius 1 is 1.08 bits per heavy atom. The molecule has 1 N–H and O–H groups in total. The van der Waals surface area contributed by atoms with Crippen LogP contribution in [0.2, 0.25) is 0 Å². The van der Waals surface area contributed by atoms with Crippen molar-refractivity contribution < 1.29 is 9.53 Å². The topological polar surface area (TPSA) is 90.1 Å². The number of ether oxygens (including phenoxy) is 1. The molecule has 0 radical (unpaired) electrons. The van der Waals surface area contributed by atoms with Crippen LogP contribution in [-0.2, 0) is 18.3 Å². The zero-order valence-corrected chi connectivity index (χ0v) is 22.2. The highest BCUT2D eigenvalue weighted by Crippen LogP contribution is 2.35. The summed E-state index contributed by atoms with van der Waals surface area (Å²) in [4.78, 5) is 25.5. The molecule has 0 atom stereocenters. The van der Waals surface area contributed by atoms with Gasteiger partial charge in [0, 0.05) is 55.7 Å². The van der Waals surface area contributed by atoms with Crippen LogP contribution in [0, 0.1) is 6.92 Å². The van der Waals surface area contributed by atoms with Crippen molar-refractivity contribution >= 4 is 22.9 Å². The van der Waals surface area contributed by atoms with E-state index in [4.69, 9.17) is 9.72 Å². The molecule has 1 aromatic carbocycles. The van der Waals surface area contributed by atoms with E-state index in [1.54, 1.807) is 10.9 Å². The number of hydrogen-bond acceptors (Lipinski definition) is 6. The number of nitrogens with one attached hydrogen (secondary N) is 1. The molecule has 0 bridgehead atoms. The second-order valence-corrected chi connectivity index (χ2v) is 10.5. The van der Waals surface area contributed by atoms with Crippen LogP contribution in [0.4, 0.5) is 5.95 Å². The van der Waals surface area contributed by atoms with E-state index < -0.39 is 0 Å². The number of rotatable bonds is 6. The highest BCUT2D eigenvalue weighted by molar-refractivity contribution is 6.04. The van der Waals surface area contributed by atoms with Crippen molar-refractivity contribution in [1.29, 1.82) is 0 Å². The predicted octanol–water partition coefficient (Wildman–Crippen LogP) is 4.73. The molecule has 9 heteroatoms. The number of benzene rings is 1. The molecule has 4 aromatic rings. The molecule has 38 heavy (non-hydrogen) atoms. The second-order valence-electron chi connectivity index (χ2n) is 10.5. The van der Waals surface area contributed by atoms with Crippen molar-refractivity contribution in [1.82, 2.24) is 29.2 Å². The van der Waals surface area contributed by atoms with Crippen molar-refractivity contribution in [2.45, 2.75) is 51.6 Å². The molecule has 1 aliphatic carbocycles. The zero-order chi connectivity index (χ0) is 26.1. The number of nitrogens with zero attached hydrogens (tertiary/aromatic N) is 6. The van der Waals surface area contributed by atoms with Gasteiger partial charge in [0.25, 0.3) is 5.91 Å². The first kappa shape index (κ1) is 24.8. The van der Waals surface area contributed by atoms with E-state index in [1.807, 2.05) is 32.3 Å². The zero-order valence-electron chi connectivity index (χ0n) is 22.2. The minimum atomic E-state index is -0.179. The molecule has 3 aromatic heterocycles. The minimum Gasteiger partial charge on any atom is -0.379 e. The number of carbonyl (C=O) groups is 1. The van der Waals surface area contributed by atoms with E-state index in [1.165, 1.54) is 24.8 Å². The van der Waals surface area contributed by atoms with Crippen LogP contribution in [0.15, 0.2) is 42.7 Å². The molecule has 0 spiro atoms. The molecule has 2 aliphatic rings. The van der Waals surface area contributed by atoms with E-state index in [-0.39, 0.29) is 5.91 Å². The third-order valence-electron chi connectivity index (χ3n) is 7.65. The number of imidazole rings is 1. The maximum atomic E-state index is 13.6. The Morgan fingerprint density at radius 3 is 2.66 bits per heavy atom. The van der Waals surface area contributed by atoms with Crippen LogP contribution in [-0.4, -0.2) is 61.4 Å². The lowest BCUT2D eigenvalue weighted by Crippen LogP contribution is -2.35. The van der Waals surface area contributed by atoms with Crippen LogP contribution in [0.1, 0.15) is 59.8 Å². The van der Waals surface area contributed by atoms with Gasteiger partial charge < -0.3 is 9.30 Å². The van der Waals surface area contributed by atoms with Crippen LogP contribution in [0.25, 0.3) is 22.3 Å². The summed E-state index contributed by atoms with van der Waals surface area (Å²) in [5.74, 6) is 0.444. The van der Waals surface area contributed by atoms with Gasteiger partial charge in [-0.05, 0) is 49.6 Å². The monoisotopic (exact) mass is 513 g/mol. The molecule has 0 unspecified atom stereocenters. The summed E-state index contributed by atoms with van der Waals surface area (Å²) < 4.78 is 9.54. The average molecular weight is 514 g/mol. The summed E-state index contributed by atoms with van der Waals surface area (Å²) >= 11 is 0. The van der Waals surface area contributed by atoms with Gasteiger partial charge in [-0.2, -0.15) is 5.10 Å². The lowest BCUT2D eigenvalue weighted by atomic mass is 9.95. The Labute approximate surface area is 222 Å². The number of fused-ring (bicyclic) bond motifs is 1. The molecule has 2 fully saturated rings. The minimum absolute atomic E-state index is 0.179. The largest absolute Gasteiger partial charge is 0.379 e. The van der Waals surface area contributed by atoms with Crippen molar-refractivity contribution in [3.63, 3.8) is 0 Å². The summed E-state index contributed by atoms with van der Waals surface area (Å²) in [6.45, 7) is 6.28. The van der Waals surface area contributed by atoms with Crippen LogP contribution in [0.5, 0.6) is 0 Å². The number of carbonyl (C=O) groups excluding carboxylic acids is 1. The van der Waals surface area contributed by atoms with Crippen molar-refractivity contribution in [2.75, 3.05) is 31.6 Å². The van der Waals surface area contributed by atoms with E-state index in [0.29, 0.717) is 17.6 Å². The van der Waals surface area contributed by atoms with Crippen molar-refractivity contribution in [3.05, 3.63) is 59.5 Å². The van der Waals surface area contributed by atoms with E-state index >= 15 is 0 Å². The maximum Gasteiger partial charge on any atom is 0.258 e. The van der Waals surface area contributed by atoms with Crippen molar-refractivity contribution in [3.8, 4) is 11.3 Å². The van der Waals surface area contributed by atoms with Gasteiger partial charge in [-0.1, -0.05) is 25.3 Å². The van der Waals surface area contributed by atoms with E-state index in [2.05, 4.69) is 43.1 Å². The number of amides is 1.